The van der Waals surface area contributed by atoms with Gasteiger partial charge in [0.25, 0.3) is 0 Å². The molecule has 7 heteroatoms. The van der Waals surface area contributed by atoms with Gasteiger partial charge in [-0.3, -0.25) is 0 Å². The van der Waals surface area contributed by atoms with Gasteiger partial charge < -0.3 is 9.31 Å². The summed E-state index contributed by atoms with van der Waals surface area (Å²) in [4.78, 5) is 0.267. The van der Waals surface area contributed by atoms with Gasteiger partial charge in [0, 0.05) is 0 Å². The second-order valence-corrected chi connectivity index (χ2v) is 10.2. The summed E-state index contributed by atoms with van der Waals surface area (Å²) in [7, 11) is -4.24. The van der Waals surface area contributed by atoms with E-state index in [0.717, 1.165) is 31.2 Å². The second-order valence-electron chi connectivity index (χ2n) is 8.51. The van der Waals surface area contributed by atoms with Crippen LogP contribution in [0, 0.1) is 6.92 Å². The molecule has 1 N–H and O–H groups in total. The van der Waals surface area contributed by atoms with Crippen LogP contribution in [0.4, 0.5) is 0 Å². The van der Waals surface area contributed by atoms with Crippen LogP contribution >= 0.6 is 0 Å². The molecule has 0 radical (unpaired) electrons. The van der Waals surface area contributed by atoms with E-state index < -0.39 is 34.3 Å². The number of unbranched alkanes of at least 4 members (excludes halogenated alkanes) is 3. The largest absolute Gasteiger partial charge is 0.477 e. The minimum Gasteiger partial charge on any atom is -0.402 e. The summed E-state index contributed by atoms with van der Waals surface area (Å²) in [5, 5.41) is 0. The fourth-order valence-electron chi connectivity index (χ4n) is 3.08. The van der Waals surface area contributed by atoms with Crippen molar-refractivity contribution in [1.82, 2.24) is 4.72 Å². The van der Waals surface area contributed by atoms with Crippen LogP contribution in [0.5, 0.6) is 0 Å². The molecule has 1 fully saturated rings. The van der Waals surface area contributed by atoms with E-state index in [-0.39, 0.29) is 4.90 Å². The monoisotopic (exact) mass is 395 g/mol. The van der Waals surface area contributed by atoms with Crippen LogP contribution < -0.4 is 4.72 Å². The molecule has 1 aromatic rings. The Morgan fingerprint density at radius 3 is 2.07 bits per heavy atom. The Kier molecular flexibility index (Phi) is 7.17. The molecule has 1 aliphatic rings. The molecule has 0 saturated carbocycles. The SMILES string of the molecule is CCCCCCC(NS(=O)(=O)c1ccc(C)cc1)B1OC(C)(C)C(C)(C)O1. The molecule has 2 rings (SSSR count). The molecular formula is C20H34BNO4S. The predicted octanol–water partition coefficient (Wildman–Crippen LogP) is 4.24. The number of hydrogen-bond acceptors (Lipinski definition) is 4. The maximum atomic E-state index is 12.9. The summed E-state index contributed by atoms with van der Waals surface area (Å²) in [5.74, 6) is -0.422. The molecule has 1 atom stereocenters. The Morgan fingerprint density at radius 2 is 1.56 bits per heavy atom. The van der Waals surface area contributed by atoms with Crippen molar-refractivity contribution in [2.45, 2.75) is 95.7 Å². The van der Waals surface area contributed by atoms with Crippen molar-refractivity contribution in [2.24, 2.45) is 0 Å². The molecule has 0 spiro atoms. The first-order chi connectivity index (χ1) is 12.5. The highest BCUT2D eigenvalue weighted by Crippen LogP contribution is 2.38. The lowest BCUT2D eigenvalue weighted by atomic mass is 9.76. The highest BCUT2D eigenvalue weighted by Gasteiger charge is 2.54. The normalized spacial score (nSPS) is 20.0. The second kappa shape index (κ2) is 8.64. The van der Waals surface area contributed by atoms with Crippen LogP contribution in [-0.2, 0) is 19.3 Å². The molecule has 1 heterocycles. The highest BCUT2D eigenvalue weighted by molar-refractivity contribution is 7.89. The molecule has 27 heavy (non-hydrogen) atoms. The maximum absolute atomic E-state index is 12.9. The molecular weight excluding hydrogens is 361 g/mol. The van der Waals surface area contributed by atoms with Gasteiger partial charge in [0.15, 0.2) is 0 Å². The van der Waals surface area contributed by atoms with Gasteiger partial charge in [-0.1, -0.05) is 50.3 Å². The molecule has 0 amide bonds. The third-order valence-electron chi connectivity index (χ3n) is 5.61. The lowest BCUT2D eigenvalue weighted by Crippen LogP contribution is -2.48. The molecule has 152 valence electrons. The van der Waals surface area contributed by atoms with Crippen LogP contribution in [0.2, 0.25) is 0 Å². The van der Waals surface area contributed by atoms with Gasteiger partial charge in [0.1, 0.15) is 0 Å². The van der Waals surface area contributed by atoms with E-state index in [4.69, 9.17) is 9.31 Å². The van der Waals surface area contributed by atoms with Gasteiger partial charge >= 0.3 is 7.12 Å². The Balaban J connectivity index is 2.18. The van der Waals surface area contributed by atoms with Crippen molar-refractivity contribution in [3.05, 3.63) is 29.8 Å². The lowest BCUT2D eigenvalue weighted by molar-refractivity contribution is 0.00578. The van der Waals surface area contributed by atoms with Crippen LogP contribution in [0.1, 0.15) is 72.3 Å². The average molecular weight is 395 g/mol. The average Bonchev–Trinajstić information content (AvgIpc) is 2.78. The van der Waals surface area contributed by atoms with Crippen LogP contribution in [0.15, 0.2) is 29.2 Å². The van der Waals surface area contributed by atoms with Crippen molar-refractivity contribution < 1.29 is 17.7 Å². The van der Waals surface area contributed by atoms with E-state index in [1.807, 2.05) is 34.6 Å². The molecule has 1 aromatic carbocycles. The zero-order chi connectivity index (χ0) is 20.3. The van der Waals surface area contributed by atoms with Crippen molar-refractivity contribution in [1.29, 1.82) is 0 Å². The summed E-state index contributed by atoms with van der Waals surface area (Å²) in [6.45, 7) is 12.0. The smallest absolute Gasteiger partial charge is 0.402 e. The van der Waals surface area contributed by atoms with Crippen molar-refractivity contribution >= 4 is 17.1 Å². The first-order valence-corrected chi connectivity index (χ1v) is 11.4. The fourth-order valence-corrected chi connectivity index (χ4v) is 4.34. The Hall–Kier alpha value is -0.885. The molecule has 0 aliphatic carbocycles. The minimum absolute atomic E-state index is 0.267. The number of hydrogen-bond donors (Lipinski definition) is 1. The van der Waals surface area contributed by atoms with E-state index in [1.54, 1.807) is 24.3 Å². The Morgan fingerprint density at radius 1 is 1.00 bits per heavy atom. The fraction of sp³-hybridized carbons (Fsp3) is 0.700. The van der Waals surface area contributed by atoms with Gasteiger partial charge in [-0.2, -0.15) is 0 Å². The van der Waals surface area contributed by atoms with E-state index in [9.17, 15) is 8.42 Å². The summed E-state index contributed by atoms with van der Waals surface area (Å²) < 4.78 is 40.9. The van der Waals surface area contributed by atoms with E-state index >= 15 is 0 Å². The molecule has 5 nitrogen and oxygen atoms in total. The quantitative estimate of drug-likeness (QED) is 0.502. The van der Waals surface area contributed by atoms with Gasteiger partial charge in [0.2, 0.25) is 10.0 Å². The highest BCUT2D eigenvalue weighted by atomic mass is 32.2. The van der Waals surface area contributed by atoms with Gasteiger partial charge in [-0.25, -0.2) is 13.1 Å². The first kappa shape index (κ1) is 22.4. The third-order valence-corrected chi connectivity index (χ3v) is 7.11. The van der Waals surface area contributed by atoms with Gasteiger partial charge in [0.05, 0.1) is 22.0 Å². The van der Waals surface area contributed by atoms with E-state index in [1.165, 1.54) is 0 Å². The molecule has 1 saturated heterocycles. The summed E-state index contributed by atoms with van der Waals surface area (Å²) in [6.07, 6.45) is 4.96. The molecule has 1 unspecified atom stereocenters. The van der Waals surface area contributed by atoms with Crippen molar-refractivity contribution in [2.75, 3.05) is 0 Å². The Labute approximate surface area is 165 Å². The van der Waals surface area contributed by atoms with Crippen molar-refractivity contribution in [3.63, 3.8) is 0 Å². The third kappa shape index (κ3) is 5.56. The maximum Gasteiger partial charge on any atom is 0.477 e. The van der Waals surface area contributed by atoms with E-state index in [0.29, 0.717) is 6.42 Å². The first-order valence-electron chi connectivity index (χ1n) is 9.93. The number of nitrogens with one attached hydrogen (secondary N) is 1. The topological polar surface area (TPSA) is 64.6 Å². The number of benzene rings is 1. The van der Waals surface area contributed by atoms with Crippen molar-refractivity contribution in [3.8, 4) is 0 Å². The molecule has 0 bridgehead atoms. The number of sulfonamides is 1. The van der Waals surface area contributed by atoms with Crippen LogP contribution in [0.25, 0.3) is 0 Å². The standard InChI is InChI=1S/C20H34BNO4S/c1-7-8-9-10-11-18(21-25-19(3,4)20(5,6)26-21)22-27(23,24)17-14-12-16(2)13-15-17/h12-15,18,22H,7-11H2,1-6H3. The van der Waals surface area contributed by atoms with Crippen LogP contribution in [0.3, 0.4) is 0 Å². The zero-order valence-corrected chi connectivity index (χ0v) is 18.4. The summed E-state index contributed by atoms with van der Waals surface area (Å²) in [6, 6.07) is 6.88. The van der Waals surface area contributed by atoms with Crippen LogP contribution in [-0.4, -0.2) is 32.7 Å². The summed E-state index contributed by atoms with van der Waals surface area (Å²) >= 11 is 0. The Bertz CT molecular complexity index is 700. The number of aryl methyl sites for hydroxylation is 1. The minimum atomic E-state index is -3.64. The predicted molar refractivity (Wildman–Crippen MR) is 110 cm³/mol. The lowest BCUT2D eigenvalue weighted by Gasteiger charge is -2.32. The number of rotatable bonds is 9. The van der Waals surface area contributed by atoms with E-state index in [2.05, 4.69) is 11.6 Å². The van der Waals surface area contributed by atoms with Gasteiger partial charge in [-0.05, 0) is 53.2 Å². The molecule has 1 aliphatic heterocycles. The zero-order valence-electron chi connectivity index (χ0n) is 17.5. The summed E-state index contributed by atoms with van der Waals surface area (Å²) in [5.41, 5.74) is 0.0412. The van der Waals surface area contributed by atoms with Gasteiger partial charge in [-0.15, -0.1) is 0 Å². The molecule has 0 aromatic heterocycles.